The summed E-state index contributed by atoms with van der Waals surface area (Å²) in [4.78, 5) is 21.9. The highest BCUT2D eigenvalue weighted by atomic mass is 16.5. The van der Waals surface area contributed by atoms with Gasteiger partial charge in [-0.05, 0) is 43.0 Å². The van der Waals surface area contributed by atoms with Gasteiger partial charge < -0.3 is 9.64 Å². The van der Waals surface area contributed by atoms with Crippen molar-refractivity contribution in [1.82, 2.24) is 9.88 Å². The minimum Gasteiger partial charge on any atom is -0.362 e. The quantitative estimate of drug-likeness (QED) is 0.853. The van der Waals surface area contributed by atoms with Crippen LogP contribution in [0.15, 0.2) is 54.9 Å². The lowest BCUT2D eigenvalue weighted by molar-refractivity contribution is -0.158. The number of para-hydroxylation sites is 1. The highest BCUT2D eigenvalue weighted by Gasteiger charge is 2.47. The molecule has 4 rings (SSSR count). The summed E-state index contributed by atoms with van der Waals surface area (Å²) in [5, 5.41) is 0. The first kappa shape index (κ1) is 17.2. The van der Waals surface area contributed by atoms with Crippen LogP contribution in [0, 0.1) is 0 Å². The molecular weight excluding hydrogens is 326 g/mol. The van der Waals surface area contributed by atoms with Gasteiger partial charge in [0.1, 0.15) is 0 Å². The van der Waals surface area contributed by atoms with Crippen LogP contribution in [-0.4, -0.2) is 47.6 Å². The Morgan fingerprint density at radius 3 is 2.77 bits per heavy atom. The molecule has 5 nitrogen and oxygen atoms in total. The van der Waals surface area contributed by atoms with Crippen molar-refractivity contribution in [3.05, 3.63) is 60.4 Å². The van der Waals surface area contributed by atoms with Crippen molar-refractivity contribution in [2.24, 2.45) is 0 Å². The van der Waals surface area contributed by atoms with E-state index in [2.05, 4.69) is 16.0 Å². The van der Waals surface area contributed by atoms with E-state index < -0.39 is 5.60 Å². The van der Waals surface area contributed by atoms with E-state index in [-0.39, 0.29) is 5.91 Å². The van der Waals surface area contributed by atoms with Crippen LogP contribution in [0.25, 0.3) is 0 Å². The van der Waals surface area contributed by atoms with Gasteiger partial charge in [0.05, 0.1) is 6.61 Å². The number of rotatable bonds is 3. The van der Waals surface area contributed by atoms with Crippen molar-refractivity contribution >= 4 is 11.6 Å². The molecule has 26 heavy (non-hydrogen) atoms. The third-order valence-electron chi connectivity index (χ3n) is 5.31. The fourth-order valence-corrected chi connectivity index (χ4v) is 4.01. The van der Waals surface area contributed by atoms with E-state index >= 15 is 0 Å². The first-order valence-corrected chi connectivity index (χ1v) is 9.39. The van der Waals surface area contributed by atoms with Crippen LogP contribution in [-0.2, 0) is 16.1 Å². The summed E-state index contributed by atoms with van der Waals surface area (Å²) in [6, 6.07) is 14.0. The topological polar surface area (TPSA) is 45.7 Å². The number of carbonyl (C=O) groups is 1. The number of carbonyl (C=O) groups excluding carboxylic acids is 1. The summed E-state index contributed by atoms with van der Waals surface area (Å²) >= 11 is 0. The molecule has 1 unspecified atom stereocenters. The van der Waals surface area contributed by atoms with Gasteiger partial charge >= 0.3 is 0 Å². The number of hydrogen-bond donors (Lipinski definition) is 0. The standard InChI is InChI=1S/C21H25N3O2/c25-20-21(10-4-5-12-24(20)19-8-2-1-3-9-19)17-23(13-14-26-21)16-18-7-6-11-22-15-18/h1-3,6-9,11,15H,4-5,10,12-14,16-17H2. The average Bonchev–Trinajstić information content (AvgIpc) is 2.83. The van der Waals surface area contributed by atoms with Crippen molar-refractivity contribution in [1.29, 1.82) is 0 Å². The highest BCUT2D eigenvalue weighted by Crippen LogP contribution is 2.32. The Bertz CT molecular complexity index is 737. The number of amides is 1. The van der Waals surface area contributed by atoms with Crippen LogP contribution < -0.4 is 4.90 Å². The van der Waals surface area contributed by atoms with Gasteiger partial charge in [0.25, 0.3) is 5.91 Å². The normalized spacial score (nSPS) is 24.6. The molecule has 2 aromatic rings. The Morgan fingerprint density at radius 1 is 1.08 bits per heavy atom. The molecule has 0 N–H and O–H groups in total. The summed E-state index contributed by atoms with van der Waals surface area (Å²) in [5.41, 5.74) is 1.41. The van der Waals surface area contributed by atoms with Gasteiger partial charge in [-0.1, -0.05) is 24.3 Å². The van der Waals surface area contributed by atoms with Gasteiger partial charge in [0.15, 0.2) is 5.60 Å². The minimum absolute atomic E-state index is 0.108. The number of aromatic nitrogens is 1. The molecule has 3 heterocycles. The smallest absolute Gasteiger partial charge is 0.260 e. The molecule has 2 aliphatic heterocycles. The Hall–Kier alpha value is -2.24. The van der Waals surface area contributed by atoms with Gasteiger partial charge in [0.2, 0.25) is 0 Å². The van der Waals surface area contributed by atoms with Crippen LogP contribution >= 0.6 is 0 Å². The summed E-state index contributed by atoms with van der Waals surface area (Å²) in [7, 11) is 0. The SMILES string of the molecule is O=C1N(c2ccccc2)CCCCC12CN(Cc1cccnc1)CCO2. The number of morpholine rings is 1. The van der Waals surface area contributed by atoms with Crippen LogP contribution in [0.3, 0.4) is 0 Å². The largest absolute Gasteiger partial charge is 0.362 e. The molecular formula is C21H25N3O2. The molecule has 5 heteroatoms. The molecule has 1 aromatic heterocycles. The summed E-state index contributed by atoms with van der Waals surface area (Å²) in [6.45, 7) is 3.64. The molecule has 1 amide bonds. The highest BCUT2D eigenvalue weighted by molar-refractivity contribution is 6.00. The second kappa shape index (κ2) is 7.56. The van der Waals surface area contributed by atoms with E-state index in [1.807, 2.05) is 47.5 Å². The molecule has 0 saturated carbocycles. The maximum atomic E-state index is 13.5. The molecule has 0 radical (unpaired) electrons. The summed E-state index contributed by atoms with van der Waals surface area (Å²) in [6.07, 6.45) is 6.49. The number of ether oxygens (including phenoxy) is 1. The molecule has 2 saturated heterocycles. The fraction of sp³-hybridized carbons (Fsp3) is 0.429. The second-order valence-electron chi connectivity index (χ2n) is 7.16. The summed E-state index contributed by atoms with van der Waals surface area (Å²) in [5.74, 6) is 0.108. The maximum absolute atomic E-state index is 13.5. The van der Waals surface area contributed by atoms with E-state index in [9.17, 15) is 4.79 Å². The van der Waals surface area contributed by atoms with Crippen molar-refractivity contribution < 1.29 is 9.53 Å². The lowest BCUT2D eigenvalue weighted by Crippen LogP contribution is -2.59. The fourth-order valence-electron chi connectivity index (χ4n) is 4.01. The Kier molecular flexibility index (Phi) is 5.00. The zero-order valence-electron chi connectivity index (χ0n) is 15.0. The predicted octanol–water partition coefficient (Wildman–Crippen LogP) is 2.87. The van der Waals surface area contributed by atoms with Crippen molar-refractivity contribution in [3.63, 3.8) is 0 Å². The average molecular weight is 351 g/mol. The molecule has 2 aliphatic rings. The first-order chi connectivity index (χ1) is 12.8. The zero-order chi connectivity index (χ0) is 17.8. The molecule has 1 atom stereocenters. The third kappa shape index (κ3) is 3.50. The Morgan fingerprint density at radius 2 is 1.96 bits per heavy atom. The van der Waals surface area contributed by atoms with Gasteiger partial charge in [-0.25, -0.2) is 0 Å². The van der Waals surface area contributed by atoms with Crippen molar-refractivity contribution in [2.75, 3.05) is 31.1 Å². The molecule has 1 aromatic carbocycles. The van der Waals surface area contributed by atoms with Gasteiger partial charge in [-0.15, -0.1) is 0 Å². The molecule has 0 bridgehead atoms. The van der Waals surface area contributed by atoms with Crippen LogP contribution in [0.5, 0.6) is 0 Å². The lowest BCUT2D eigenvalue weighted by Gasteiger charge is -2.42. The monoisotopic (exact) mass is 351 g/mol. The zero-order valence-corrected chi connectivity index (χ0v) is 15.0. The van der Waals surface area contributed by atoms with E-state index in [4.69, 9.17) is 4.74 Å². The number of nitrogens with zero attached hydrogens (tertiary/aromatic N) is 3. The molecule has 0 aliphatic carbocycles. The Labute approximate surface area is 154 Å². The predicted molar refractivity (Wildman–Crippen MR) is 101 cm³/mol. The van der Waals surface area contributed by atoms with Gasteiger partial charge in [-0.2, -0.15) is 0 Å². The first-order valence-electron chi connectivity index (χ1n) is 9.39. The van der Waals surface area contributed by atoms with Crippen molar-refractivity contribution in [3.8, 4) is 0 Å². The van der Waals surface area contributed by atoms with Crippen LogP contribution in [0.2, 0.25) is 0 Å². The van der Waals surface area contributed by atoms with Crippen molar-refractivity contribution in [2.45, 2.75) is 31.4 Å². The minimum atomic E-state index is -0.729. The van der Waals surface area contributed by atoms with E-state index in [0.29, 0.717) is 13.2 Å². The maximum Gasteiger partial charge on any atom is 0.260 e. The third-order valence-corrected chi connectivity index (χ3v) is 5.31. The summed E-state index contributed by atoms with van der Waals surface area (Å²) < 4.78 is 6.17. The van der Waals surface area contributed by atoms with E-state index in [1.165, 1.54) is 5.56 Å². The van der Waals surface area contributed by atoms with E-state index in [1.54, 1.807) is 6.20 Å². The molecule has 1 spiro atoms. The number of anilines is 1. The van der Waals surface area contributed by atoms with Gasteiger partial charge in [-0.3, -0.25) is 14.7 Å². The van der Waals surface area contributed by atoms with Crippen LogP contribution in [0.4, 0.5) is 5.69 Å². The van der Waals surface area contributed by atoms with Gasteiger partial charge in [0, 0.05) is 44.3 Å². The molecule has 136 valence electrons. The Balaban J connectivity index is 1.56. The van der Waals surface area contributed by atoms with E-state index in [0.717, 1.165) is 44.6 Å². The molecule has 2 fully saturated rings. The second-order valence-corrected chi connectivity index (χ2v) is 7.16. The number of benzene rings is 1. The van der Waals surface area contributed by atoms with Crippen LogP contribution in [0.1, 0.15) is 24.8 Å². The number of hydrogen-bond acceptors (Lipinski definition) is 4. The lowest BCUT2D eigenvalue weighted by atomic mass is 9.93. The number of pyridine rings is 1.